The standard InChI is InChI=1S/C20H22N4O2/c1-21-19-9-5-7-16(22-19)18-13-24(10-11-26-18)20(25)15-12-23(2)17-8-4-3-6-14(15)17/h3-9,12,18H,10-11,13H2,1-2H3,(H,21,22). The summed E-state index contributed by atoms with van der Waals surface area (Å²) in [4.78, 5) is 19.6. The van der Waals surface area contributed by atoms with E-state index in [1.54, 1.807) is 0 Å². The Bertz CT molecular complexity index is 950. The van der Waals surface area contributed by atoms with E-state index < -0.39 is 0 Å². The van der Waals surface area contributed by atoms with Crippen LogP contribution in [0.4, 0.5) is 5.82 Å². The Labute approximate surface area is 152 Å². The third-order valence-corrected chi connectivity index (χ3v) is 4.84. The zero-order chi connectivity index (χ0) is 18.1. The number of pyridine rings is 1. The second kappa shape index (κ2) is 6.80. The van der Waals surface area contributed by atoms with Gasteiger partial charge in [-0.2, -0.15) is 0 Å². The number of rotatable bonds is 3. The Morgan fingerprint density at radius 3 is 2.92 bits per heavy atom. The van der Waals surface area contributed by atoms with E-state index in [0.717, 1.165) is 28.0 Å². The minimum Gasteiger partial charge on any atom is -0.373 e. The Balaban J connectivity index is 1.60. The number of aryl methyl sites for hydroxylation is 1. The summed E-state index contributed by atoms with van der Waals surface area (Å²) in [7, 11) is 3.80. The van der Waals surface area contributed by atoms with Crippen LogP contribution in [-0.2, 0) is 11.8 Å². The van der Waals surface area contributed by atoms with Crippen LogP contribution in [-0.4, -0.2) is 47.1 Å². The van der Waals surface area contributed by atoms with E-state index in [1.165, 1.54) is 0 Å². The van der Waals surface area contributed by atoms with Gasteiger partial charge in [0.05, 0.1) is 24.4 Å². The van der Waals surface area contributed by atoms with E-state index in [9.17, 15) is 4.79 Å². The van der Waals surface area contributed by atoms with Crippen molar-refractivity contribution >= 4 is 22.6 Å². The van der Waals surface area contributed by atoms with Gasteiger partial charge in [-0.25, -0.2) is 4.98 Å². The molecule has 1 aliphatic rings. The van der Waals surface area contributed by atoms with Crippen molar-refractivity contribution in [2.24, 2.45) is 7.05 Å². The quantitative estimate of drug-likeness (QED) is 0.789. The minimum absolute atomic E-state index is 0.0415. The third kappa shape index (κ3) is 2.93. The number of aromatic nitrogens is 2. The van der Waals surface area contributed by atoms with Gasteiger partial charge in [-0.1, -0.05) is 24.3 Å². The zero-order valence-electron chi connectivity index (χ0n) is 15.0. The van der Waals surface area contributed by atoms with E-state index in [1.807, 2.05) is 72.2 Å². The molecule has 1 amide bonds. The predicted molar refractivity (Wildman–Crippen MR) is 101 cm³/mol. The Morgan fingerprint density at radius 2 is 2.08 bits per heavy atom. The Hall–Kier alpha value is -2.86. The lowest BCUT2D eigenvalue weighted by atomic mass is 10.1. The van der Waals surface area contributed by atoms with E-state index in [2.05, 4.69) is 10.3 Å². The van der Waals surface area contributed by atoms with Gasteiger partial charge < -0.3 is 19.5 Å². The first-order valence-corrected chi connectivity index (χ1v) is 8.77. The number of anilines is 1. The summed E-state index contributed by atoms with van der Waals surface area (Å²) in [6.07, 6.45) is 1.70. The van der Waals surface area contributed by atoms with E-state index in [-0.39, 0.29) is 12.0 Å². The van der Waals surface area contributed by atoms with E-state index in [4.69, 9.17) is 4.74 Å². The monoisotopic (exact) mass is 350 g/mol. The Kier molecular flexibility index (Phi) is 4.34. The molecule has 0 saturated carbocycles. The van der Waals surface area contributed by atoms with Gasteiger partial charge in [0.15, 0.2) is 0 Å². The molecule has 2 aromatic heterocycles. The van der Waals surface area contributed by atoms with Crippen molar-refractivity contribution in [1.82, 2.24) is 14.5 Å². The summed E-state index contributed by atoms with van der Waals surface area (Å²) in [5.74, 6) is 0.837. The van der Waals surface area contributed by atoms with Gasteiger partial charge in [0, 0.05) is 37.7 Å². The molecule has 0 bridgehead atoms. The predicted octanol–water partition coefficient (Wildman–Crippen LogP) is 2.83. The van der Waals surface area contributed by atoms with Crippen molar-refractivity contribution in [3.05, 3.63) is 59.9 Å². The number of benzene rings is 1. The number of nitrogens with one attached hydrogen (secondary N) is 1. The van der Waals surface area contributed by atoms with Crippen molar-refractivity contribution in [2.45, 2.75) is 6.10 Å². The molecule has 0 spiro atoms. The molecule has 1 aromatic carbocycles. The molecule has 134 valence electrons. The second-order valence-corrected chi connectivity index (χ2v) is 6.48. The average Bonchev–Trinajstić information content (AvgIpc) is 3.04. The number of carbonyl (C=O) groups is 1. The topological polar surface area (TPSA) is 59.4 Å². The first-order valence-electron chi connectivity index (χ1n) is 8.77. The highest BCUT2D eigenvalue weighted by molar-refractivity contribution is 6.07. The van der Waals surface area contributed by atoms with Crippen LogP contribution in [0.3, 0.4) is 0 Å². The summed E-state index contributed by atoms with van der Waals surface area (Å²) in [5, 5.41) is 4.02. The molecule has 1 saturated heterocycles. The molecule has 26 heavy (non-hydrogen) atoms. The first-order chi connectivity index (χ1) is 12.7. The largest absolute Gasteiger partial charge is 0.373 e. The maximum Gasteiger partial charge on any atom is 0.256 e. The number of ether oxygens (including phenoxy) is 1. The molecular formula is C20H22N4O2. The number of carbonyl (C=O) groups excluding carboxylic acids is 1. The molecule has 1 aliphatic heterocycles. The van der Waals surface area contributed by atoms with Gasteiger partial charge in [-0.3, -0.25) is 4.79 Å². The number of nitrogens with zero attached hydrogens (tertiary/aromatic N) is 3. The van der Waals surface area contributed by atoms with Gasteiger partial charge in [-0.15, -0.1) is 0 Å². The van der Waals surface area contributed by atoms with Crippen LogP contribution < -0.4 is 5.32 Å². The summed E-state index contributed by atoms with van der Waals surface area (Å²) < 4.78 is 7.88. The van der Waals surface area contributed by atoms with Crippen LogP contribution in [0.1, 0.15) is 22.2 Å². The molecule has 3 aromatic rings. The number of hydrogen-bond donors (Lipinski definition) is 1. The SMILES string of the molecule is CNc1cccc(C2CN(C(=O)c3cn(C)c4ccccc34)CCO2)n1. The number of hydrogen-bond acceptors (Lipinski definition) is 4. The van der Waals surface area contributed by atoms with Crippen molar-refractivity contribution in [2.75, 3.05) is 32.1 Å². The maximum atomic E-state index is 13.2. The molecule has 1 fully saturated rings. The summed E-state index contributed by atoms with van der Waals surface area (Å²) >= 11 is 0. The normalized spacial score (nSPS) is 17.5. The molecule has 1 atom stereocenters. The molecule has 1 unspecified atom stereocenters. The molecule has 3 heterocycles. The van der Waals surface area contributed by atoms with Crippen LogP contribution in [0.5, 0.6) is 0 Å². The summed E-state index contributed by atoms with van der Waals surface area (Å²) in [6.45, 7) is 1.60. The van der Waals surface area contributed by atoms with Crippen molar-refractivity contribution in [1.29, 1.82) is 0 Å². The lowest BCUT2D eigenvalue weighted by Gasteiger charge is -2.32. The van der Waals surface area contributed by atoms with E-state index >= 15 is 0 Å². The van der Waals surface area contributed by atoms with Crippen molar-refractivity contribution in [3.8, 4) is 0 Å². The summed E-state index contributed by atoms with van der Waals surface area (Å²) in [5.41, 5.74) is 2.64. The highest BCUT2D eigenvalue weighted by Gasteiger charge is 2.28. The van der Waals surface area contributed by atoms with Gasteiger partial charge in [0.2, 0.25) is 0 Å². The fourth-order valence-corrected chi connectivity index (χ4v) is 3.47. The van der Waals surface area contributed by atoms with Crippen LogP contribution in [0.25, 0.3) is 10.9 Å². The highest BCUT2D eigenvalue weighted by atomic mass is 16.5. The van der Waals surface area contributed by atoms with Crippen LogP contribution in [0.2, 0.25) is 0 Å². The van der Waals surface area contributed by atoms with Crippen LogP contribution >= 0.6 is 0 Å². The minimum atomic E-state index is -0.212. The Morgan fingerprint density at radius 1 is 1.23 bits per heavy atom. The highest BCUT2D eigenvalue weighted by Crippen LogP contribution is 2.26. The first kappa shape index (κ1) is 16.6. The third-order valence-electron chi connectivity index (χ3n) is 4.84. The van der Waals surface area contributed by atoms with Gasteiger partial charge in [-0.05, 0) is 18.2 Å². The molecule has 6 nitrogen and oxygen atoms in total. The van der Waals surface area contributed by atoms with Crippen molar-refractivity contribution < 1.29 is 9.53 Å². The number of morpholine rings is 1. The fourth-order valence-electron chi connectivity index (χ4n) is 3.47. The lowest BCUT2D eigenvalue weighted by molar-refractivity contribution is -0.0246. The number of amides is 1. The molecule has 1 N–H and O–H groups in total. The van der Waals surface area contributed by atoms with Crippen LogP contribution in [0.15, 0.2) is 48.7 Å². The molecule has 0 radical (unpaired) electrons. The van der Waals surface area contributed by atoms with Crippen LogP contribution in [0, 0.1) is 0 Å². The lowest BCUT2D eigenvalue weighted by Crippen LogP contribution is -2.42. The second-order valence-electron chi connectivity index (χ2n) is 6.48. The van der Waals surface area contributed by atoms with Crippen molar-refractivity contribution in [3.63, 3.8) is 0 Å². The zero-order valence-corrected chi connectivity index (χ0v) is 15.0. The van der Waals surface area contributed by atoms with Gasteiger partial charge in [0.25, 0.3) is 5.91 Å². The molecule has 6 heteroatoms. The number of fused-ring (bicyclic) bond motifs is 1. The van der Waals surface area contributed by atoms with Gasteiger partial charge >= 0.3 is 0 Å². The average molecular weight is 350 g/mol. The van der Waals surface area contributed by atoms with E-state index in [0.29, 0.717) is 19.7 Å². The number of para-hydroxylation sites is 1. The maximum absolute atomic E-state index is 13.2. The molecule has 0 aliphatic carbocycles. The fraction of sp³-hybridized carbons (Fsp3) is 0.300. The molecule has 4 rings (SSSR count). The summed E-state index contributed by atoms with van der Waals surface area (Å²) in [6, 6.07) is 13.8. The smallest absolute Gasteiger partial charge is 0.256 e. The molecular weight excluding hydrogens is 328 g/mol. The van der Waals surface area contributed by atoms with Gasteiger partial charge in [0.1, 0.15) is 11.9 Å².